The van der Waals surface area contributed by atoms with Crippen molar-refractivity contribution in [1.82, 2.24) is 0 Å². The molecule has 0 saturated carbocycles. The maximum Gasteiger partial charge on any atom is 0.349 e. The number of benzene rings is 2. The van der Waals surface area contributed by atoms with Crippen LogP contribution >= 0.6 is 11.3 Å². The summed E-state index contributed by atoms with van der Waals surface area (Å²) >= 11 is 1.33. The molecule has 3 N–H and O–H groups in total. The van der Waals surface area contributed by atoms with E-state index in [9.17, 15) is 14.4 Å². The van der Waals surface area contributed by atoms with E-state index in [2.05, 4.69) is 5.32 Å². The highest BCUT2D eigenvalue weighted by Crippen LogP contribution is 2.30. The number of thiophene rings is 1. The zero-order chi connectivity index (χ0) is 18.7. The highest BCUT2D eigenvalue weighted by atomic mass is 32.1. The molecule has 0 atom stereocenters. The van der Waals surface area contributed by atoms with Crippen LogP contribution in [0.3, 0.4) is 0 Å². The molecule has 0 unspecified atom stereocenters. The molecule has 0 spiro atoms. The number of carbonyl (C=O) groups excluding carboxylic acids is 3. The highest BCUT2D eigenvalue weighted by Gasteiger charge is 2.18. The molecule has 1 aromatic heterocycles. The summed E-state index contributed by atoms with van der Waals surface area (Å²) in [5.74, 6) is -1.76. The van der Waals surface area contributed by atoms with E-state index in [0.29, 0.717) is 4.88 Å². The first kappa shape index (κ1) is 17.6. The van der Waals surface area contributed by atoms with Gasteiger partial charge < -0.3 is 15.8 Å². The molecule has 0 saturated heterocycles. The van der Waals surface area contributed by atoms with E-state index in [1.54, 1.807) is 18.2 Å². The normalized spacial score (nSPS) is 10.5. The molecule has 0 radical (unpaired) electrons. The lowest BCUT2D eigenvalue weighted by atomic mass is 10.1. The van der Waals surface area contributed by atoms with Crippen LogP contribution < -0.4 is 11.1 Å². The van der Waals surface area contributed by atoms with E-state index in [1.807, 2.05) is 31.2 Å². The predicted octanol–water partition coefficient (Wildman–Crippen LogP) is 3.10. The summed E-state index contributed by atoms with van der Waals surface area (Å²) in [6.45, 7) is 1.39. The lowest BCUT2D eigenvalue weighted by molar-refractivity contribution is -0.119. The number of nitrogens with one attached hydrogen (secondary N) is 1. The van der Waals surface area contributed by atoms with Crippen LogP contribution in [0.1, 0.15) is 25.6 Å². The van der Waals surface area contributed by atoms with Gasteiger partial charge in [-0.15, -0.1) is 11.3 Å². The minimum atomic E-state index is -0.654. The third-order valence-electron chi connectivity index (χ3n) is 3.83. The number of fused-ring (bicyclic) bond motifs is 1. The maximum atomic E-state index is 12.3. The second-order valence-corrected chi connectivity index (χ2v) is 6.64. The van der Waals surface area contributed by atoms with E-state index < -0.39 is 24.4 Å². The van der Waals surface area contributed by atoms with Crippen molar-refractivity contribution in [2.75, 3.05) is 11.9 Å². The fourth-order valence-electron chi connectivity index (χ4n) is 2.56. The van der Waals surface area contributed by atoms with Crippen molar-refractivity contribution in [2.45, 2.75) is 6.92 Å². The average molecular weight is 368 g/mol. The molecule has 0 aliphatic rings. The molecule has 7 heteroatoms. The van der Waals surface area contributed by atoms with Crippen LogP contribution in [0.4, 0.5) is 5.69 Å². The van der Waals surface area contributed by atoms with E-state index in [-0.39, 0.29) is 11.3 Å². The van der Waals surface area contributed by atoms with E-state index >= 15 is 0 Å². The summed E-state index contributed by atoms with van der Waals surface area (Å²) < 4.78 is 6.10. The number of hydrogen-bond acceptors (Lipinski definition) is 5. The van der Waals surface area contributed by atoms with Gasteiger partial charge in [0.2, 0.25) is 0 Å². The topological polar surface area (TPSA) is 98.5 Å². The Balaban J connectivity index is 1.67. The molecule has 0 fully saturated rings. The molecule has 2 amide bonds. The van der Waals surface area contributed by atoms with Gasteiger partial charge >= 0.3 is 5.97 Å². The third-order valence-corrected chi connectivity index (χ3v) is 5.08. The van der Waals surface area contributed by atoms with Crippen LogP contribution in [0.2, 0.25) is 0 Å². The second kappa shape index (κ2) is 7.37. The van der Waals surface area contributed by atoms with Gasteiger partial charge in [0, 0.05) is 4.70 Å². The number of anilines is 1. The number of primary amides is 1. The van der Waals surface area contributed by atoms with Gasteiger partial charge in [0.05, 0.1) is 11.3 Å². The van der Waals surface area contributed by atoms with Gasteiger partial charge in [0.25, 0.3) is 11.8 Å². The zero-order valence-electron chi connectivity index (χ0n) is 13.9. The van der Waals surface area contributed by atoms with Gasteiger partial charge in [-0.1, -0.05) is 30.3 Å². The number of hydrogen-bond donors (Lipinski definition) is 2. The number of amides is 2. The molecular formula is C19H16N2O4S. The summed E-state index contributed by atoms with van der Waals surface area (Å²) in [5.41, 5.74) is 6.56. The molecule has 6 nitrogen and oxygen atoms in total. The summed E-state index contributed by atoms with van der Waals surface area (Å²) in [5, 5.41) is 3.52. The lowest BCUT2D eigenvalue weighted by Gasteiger charge is -2.09. The van der Waals surface area contributed by atoms with Crippen molar-refractivity contribution in [1.29, 1.82) is 0 Å². The number of nitrogens with two attached hydrogens (primary N) is 1. The van der Waals surface area contributed by atoms with Crippen LogP contribution in [0, 0.1) is 6.92 Å². The monoisotopic (exact) mass is 368 g/mol. The Morgan fingerprint density at radius 3 is 2.50 bits per heavy atom. The Hall–Kier alpha value is -3.19. The summed E-state index contributed by atoms with van der Waals surface area (Å²) in [6, 6.07) is 14.0. The number of para-hydroxylation sites is 1. The van der Waals surface area contributed by atoms with Crippen molar-refractivity contribution in [2.24, 2.45) is 5.73 Å². The minimum Gasteiger partial charge on any atom is -0.451 e. The quantitative estimate of drug-likeness (QED) is 0.676. The molecular weight excluding hydrogens is 352 g/mol. The SMILES string of the molecule is Cc1c(C(=O)OCC(=O)Nc2ccccc2C(N)=O)sc2ccccc12. The molecule has 26 heavy (non-hydrogen) atoms. The lowest BCUT2D eigenvalue weighted by Crippen LogP contribution is -2.23. The molecule has 3 aromatic rings. The van der Waals surface area contributed by atoms with Crippen LogP contribution in [-0.2, 0) is 9.53 Å². The molecule has 2 aromatic carbocycles. The molecule has 0 bridgehead atoms. The number of aryl methyl sites for hydroxylation is 1. The van der Waals surface area contributed by atoms with Crippen molar-refractivity contribution in [3.63, 3.8) is 0 Å². The fourth-order valence-corrected chi connectivity index (χ4v) is 3.66. The number of rotatable bonds is 5. The van der Waals surface area contributed by atoms with Gasteiger partial charge in [0.15, 0.2) is 6.61 Å². The Kier molecular flexibility index (Phi) is 4.99. The maximum absolute atomic E-state index is 12.3. The molecule has 1 heterocycles. The largest absolute Gasteiger partial charge is 0.451 e. The number of ether oxygens (including phenoxy) is 1. The van der Waals surface area contributed by atoms with Gasteiger partial charge in [-0.05, 0) is 36.1 Å². The van der Waals surface area contributed by atoms with Crippen molar-refractivity contribution in [3.05, 3.63) is 64.5 Å². The summed E-state index contributed by atoms with van der Waals surface area (Å²) in [6.07, 6.45) is 0. The first-order valence-electron chi connectivity index (χ1n) is 7.81. The van der Waals surface area contributed by atoms with Crippen LogP contribution in [0.15, 0.2) is 48.5 Å². The third kappa shape index (κ3) is 3.57. The standard InChI is InChI=1S/C19H16N2O4S/c1-11-12-6-3-5-9-15(12)26-17(11)19(24)25-10-16(22)21-14-8-4-2-7-13(14)18(20)23/h2-9H,10H2,1H3,(H2,20,23)(H,21,22). The fraction of sp³-hybridized carbons (Fsp3) is 0.105. The Morgan fingerprint density at radius 2 is 1.77 bits per heavy atom. The minimum absolute atomic E-state index is 0.188. The number of esters is 1. The molecule has 0 aliphatic carbocycles. The zero-order valence-corrected chi connectivity index (χ0v) is 14.8. The van der Waals surface area contributed by atoms with Crippen molar-refractivity contribution in [3.8, 4) is 0 Å². The van der Waals surface area contributed by atoms with Gasteiger partial charge in [-0.3, -0.25) is 9.59 Å². The highest BCUT2D eigenvalue weighted by molar-refractivity contribution is 7.21. The van der Waals surface area contributed by atoms with Gasteiger partial charge in [-0.2, -0.15) is 0 Å². The molecule has 132 valence electrons. The van der Waals surface area contributed by atoms with Gasteiger partial charge in [0.1, 0.15) is 4.88 Å². The Bertz CT molecular complexity index is 1010. The van der Waals surface area contributed by atoms with E-state index in [0.717, 1.165) is 15.6 Å². The van der Waals surface area contributed by atoms with Crippen LogP contribution in [-0.4, -0.2) is 24.4 Å². The van der Waals surface area contributed by atoms with Crippen LogP contribution in [0.25, 0.3) is 10.1 Å². The average Bonchev–Trinajstić information content (AvgIpc) is 2.97. The first-order chi connectivity index (χ1) is 12.5. The van der Waals surface area contributed by atoms with Gasteiger partial charge in [-0.25, -0.2) is 4.79 Å². The van der Waals surface area contributed by atoms with E-state index in [1.165, 1.54) is 17.4 Å². The first-order valence-corrected chi connectivity index (χ1v) is 8.63. The molecule has 3 rings (SSSR count). The van der Waals surface area contributed by atoms with Crippen molar-refractivity contribution < 1.29 is 19.1 Å². The van der Waals surface area contributed by atoms with E-state index in [4.69, 9.17) is 10.5 Å². The Morgan fingerprint density at radius 1 is 1.08 bits per heavy atom. The number of carbonyl (C=O) groups is 3. The summed E-state index contributed by atoms with van der Waals surface area (Å²) in [7, 11) is 0. The van der Waals surface area contributed by atoms with Crippen LogP contribution in [0.5, 0.6) is 0 Å². The predicted molar refractivity (Wildman–Crippen MR) is 100 cm³/mol. The molecule has 0 aliphatic heterocycles. The smallest absolute Gasteiger partial charge is 0.349 e. The Labute approximate surface area is 153 Å². The van der Waals surface area contributed by atoms with Crippen molar-refractivity contribution >= 4 is 44.9 Å². The second-order valence-electron chi connectivity index (χ2n) is 5.59. The summed E-state index contributed by atoms with van der Waals surface area (Å²) in [4.78, 5) is 36.2.